The van der Waals surface area contributed by atoms with Gasteiger partial charge in [0, 0.05) is 25.4 Å². The van der Waals surface area contributed by atoms with Crippen LogP contribution < -0.4 is 5.73 Å². The van der Waals surface area contributed by atoms with E-state index >= 15 is 0 Å². The Morgan fingerprint density at radius 2 is 2.11 bits per heavy atom. The monoisotopic (exact) mass is 248 g/mol. The number of nitrogens with zero attached hydrogens (tertiary/aromatic N) is 1. The van der Waals surface area contributed by atoms with Crippen molar-refractivity contribution in [2.45, 2.75) is 25.8 Å². The molecule has 3 heteroatoms. The highest BCUT2D eigenvalue weighted by Crippen LogP contribution is 2.19. The lowest BCUT2D eigenvalue weighted by Crippen LogP contribution is -2.24. The Morgan fingerprint density at radius 3 is 2.83 bits per heavy atom. The first kappa shape index (κ1) is 13.4. The molecule has 0 bridgehead atoms. The van der Waals surface area contributed by atoms with Gasteiger partial charge in [0.25, 0.3) is 0 Å². The Morgan fingerprint density at radius 1 is 1.33 bits per heavy atom. The summed E-state index contributed by atoms with van der Waals surface area (Å²) < 4.78 is 5.39. The number of nitrogens with two attached hydrogens (primary N) is 1. The van der Waals surface area contributed by atoms with Crippen molar-refractivity contribution in [2.75, 3.05) is 32.5 Å². The predicted octanol–water partition coefficient (Wildman–Crippen LogP) is 2.52. The van der Waals surface area contributed by atoms with Crippen molar-refractivity contribution in [3.05, 3.63) is 29.8 Å². The summed E-state index contributed by atoms with van der Waals surface area (Å²) in [6.07, 6.45) is 3.74. The minimum atomic E-state index is 0.849. The second-order valence-corrected chi connectivity index (χ2v) is 5.33. The lowest BCUT2D eigenvalue weighted by Gasteiger charge is -2.24. The highest BCUT2D eigenvalue weighted by molar-refractivity contribution is 5.40. The number of rotatable bonds is 5. The van der Waals surface area contributed by atoms with Crippen molar-refractivity contribution in [2.24, 2.45) is 5.92 Å². The highest BCUT2D eigenvalue weighted by Gasteiger charge is 2.14. The molecule has 0 aliphatic carbocycles. The van der Waals surface area contributed by atoms with E-state index in [1.54, 1.807) is 0 Å². The van der Waals surface area contributed by atoms with Gasteiger partial charge < -0.3 is 15.4 Å². The first-order valence-corrected chi connectivity index (χ1v) is 6.85. The van der Waals surface area contributed by atoms with Crippen LogP contribution in [0.5, 0.6) is 0 Å². The maximum Gasteiger partial charge on any atom is 0.0468 e. The molecule has 1 aromatic carbocycles. The summed E-state index contributed by atoms with van der Waals surface area (Å²) in [6, 6.07) is 8.16. The largest absolute Gasteiger partial charge is 0.399 e. The van der Waals surface area contributed by atoms with Gasteiger partial charge in [-0.3, -0.25) is 0 Å². The molecule has 1 aromatic rings. The number of hydrogen-bond acceptors (Lipinski definition) is 3. The molecule has 0 radical (unpaired) electrons. The minimum absolute atomic E-state index is 0.849. The lowest BCUT2D eigenvalue weighted by atomic mass is 9.96. The molecule has 0 atom stereocenters. The number of nitrogen functional groups attached to an aromatic ring is 1. The second-order valence-electron chi connectivity index (χ2n) is 5.33. The van der Waals surface area contributed by atoms with Crippen LogP contribution in [-0.4, -0.2) is 31.7 Å². The fourth-order valence-electron chi connectivity index (χ4n) is 2.52. The molecule has 18 heavy (non-hydrogen) atoms. The van der Waals surface area contributed by atoms with Crippen molar-refractivity contribution in [1.82, 2.24) is 4.90 Å². The number of benzene rings is 1. The van der Waals surface area contributed by atoms with Crippen molar-refractivity contribution in [1.29, 1.82) is 0 Å². The number of anilines is 1. The average Bonchev–Trinajstić information content (AvgIpc) is 2.38. The highest BCUT2D eigenvalue weighted by atomic mass is 16.5. The molecule has 0 saturated carbocycles. The third-order valence-electron chi connectivity index (χ3n) is 3.66. The van der Waals surface area contributed by atoms with Crippen molar-refractivity contribution in [3.8, 4) is 0 Å². The number of hydrogen-bond donors (Lipinski definition) is 1. The second kappa shape index (κ2) is 6.76. The van der Waals surface area contributed by atoms with Gasteiger partial charge in [0.2, 0.25) is 0 Å². The first-order chi connectivity index (χ1) is 8.74. The Labute approximate surface area is 110 Å². The van der Waals surface area contributed by atoms with Crippen LogP contribution in [0.1, 0.15) is 24.8 Å². The van der Waals surface area contributed by atoms with Gasteiger partial charge in [-0.1, -0.05) is 12.1 Å². The lowest BCUT2D eigenvalue weighted by molar-refractivity contribution is 0.0608. The van der Waals surface area contributed by atoms with E-state index in [0.29, 0.717) is 0 Å². The van der Waals surface area contributed by atoms with E-state index in [1.807, 2.05) is 12.1 Å². The molecule has 2 N–H and O–H groups in total. The molecule has 2 rings (SSSR count). The summed E-state index contributed by atoms with van der Waals surface area (Å²) in [5.41, 5.74) is 7.94. The van der Waals surface area contributed by atoms with Crippen LogP contribution in [0.3, 0.4) is 0 Å². The summed E-state index contributed by atoms with van der Waals surface area (Å²) >= 11 is 0. The van der Waals surface area contributed by atoms with E-state index in [2.05, 4.69) is 24.1 Å². The van der Waals surface area contributed by atoms with Gasteiger partial charge in [0.1, 0.15) is 0 Å². The quantitative estimate of drug-likeness (QED) is 0.814. The zero-order valence-electron chi connectivity index (χ0n) is 11.3. The summed E-state index contributed by atoms with van der Waals surface area (Å²) in [7, 11) is 2.18. The third-order valence-corrected chi connectivity index (χ3v) is 3.66. The van der Waals surface area contributed by atoms with Gasteiger partial charge in [-0.05, 0) is 56.5 Å². The van der Waals surface area contributed by atoms with Crippen molar-refractivity contribution >= 4 is 5.69 Å². The van der Waals surface area contributed by atoms with Crippen LogP contribution in [-0.2, 0) is 11.3 Å². The number of ether oxygens (including phenoxy) is 1. The Bertz CT molecular complexity index is 361. The fourth-order valence-corrected chi connectivity index (χ4v) is 2.52. The van der Waals surface area contributed by atoms with E-state index in [1.165, 1.54) is 24.8 Å². The SMILES string of the molecule is CN(CCC1CCOCC1)Cc1cccc(N)c1. The topological polar surface area (TPSA) is 38.5 Å². The molecule has 3 nitrogen and oxygen atoms in total. The van der Waals surface area contributed by atoms with Gasteiger partial charge in [-0.15, -0.1) is 0 Å². The summed E-state index contributed by atoms with van der Waals surface area (Å²) in [5, 5.41) is 0. The van der Waals surface area contributed by atoms with Crippen molar-refractivity contribution in [3.63, 3.8) is 0 Å². The average molecular weight is 248 g/mol. The normalized spacial score (nSPS) is 17.2. The van der Waals surface area contributed by atoms with E-state index in [0.717, 1.165) is 37.9 Å². The predicted molar refractivity (Wildman–Crippen MR) is 75.3 cm³/mol. The van der Waals surface area contributed by atoms with E-state index in [-0.39, 0.29) is 0 Å². The van der Waals surface area contributed by atoms with Gasteiger partial charge in [-0.2, -0.15) is 0 Å². The first-order valence-electron chi connectivity index (χ1n) is 6.85. The molecule has 0 spiro atoms. The maximum atomic E-state index is 5.79. The molecular weight excluding hydrogens is 224 g/mol. The van der Waals surface area contributed by atoms with Crippen LogP contribution >= 0.6 is 0 Å². The van der Waals surface area contributed by atoms with Crippen molar-refractivity contribution < 1.29 is 4.74 Å². The fraction of sp³-hybridized carbons (Fsp3) is 0.600. The maximum absolute atomic E-state index is 5.79. The van der Waals surface area contributed by atoms with Crippen LogP contribution in [0.2, 0.25) is 0 Å². The molecule has 1 fully saturated rings. The molecule has 0 unspecified atom stereocenters. The van der Waals surface area contributed by atoms with Gasteiger partial charge >= 0.3 is 0 Å². The van der Waals surface area contributed by atoms with Crippen LogP contribution in [0, 0.1) is 5.92 Å². The molecule has 0 aromatic heterocycles. The molecule has 1 saturated heterocycles. The van der Waals surface area contributed by atoms with Crippen LogP contribution in [0.25, 0.3) is 0 Å². The molecular formula is C15H24N2O. The Hall–Kier alpha value is -1.06. The smallest absolute Gasteiger partial charge is 0.0468 e. The van der Waals surface area contributed by atoms with E-state index in [9.17, 15) is 0 Å². The molecule has 1 heterocycles. The molecule has 1 aliphatic heterocycles. The minimum Gasteiger partial charge on any atom is -0.399 e. The summed E-state index contributed by atoms with van der Waals surface area (Å²) in [4.78, 5) is 2.38. The zero-order valence-corrected chi connectivity index (χ0v) is 11.3. The van der Waals surface area contributed by atoms with E-state index < -0.39 is 0 Å². The third kappa shape index (κ3) is 4.31. The Balaban J connectivity index is 1.72. The molecule has 0 amide bonds. The van der Waals surface area contributed by atoms with Gasteiger partial charge in [0.15, 0.2) is 0 Å². The summed E-state index contributed by atoms with van der Waals surface area (Å²) in [5.74, 6) is 0.849. The molecule has 100 valence electrons. The van der Waals surface area contributed by atoms with Gasteiger partial charge in [-0.25, -0.2) is 0 Å². The van der Waals surface area contributed by atoms with Crippen LogP contribution in [0.4, 0.5) is 5.69 Å². The molecule has 1 aliphatic rings. The summed E-state index contributed by atoms with van der Waals surface area (Å²) in [6.45, 7) is 4.03. The zero-order chi connectivity index (χ0) is 12.8. The van der Waals surface area contributed by atoms with E-state index in [4.69, 9.17) is 10.5 Å². The Kier molecular flexibility index (Phi) is 5.02. The van der Waals surface area contributed by atoms with Gasteiger partial charge in [0.05, 0.1) is 0 Å². The van der Waals surface area contributed by atoms with Crippen LogP contribution in [0.15, 0.2) is 24.3 Å². The standard InChI is InChI=1S/C15H24N2O/c1-17(8-5-13-6-9-18-10-7-13)12-14-3-2-4-15(16)11-14/h2-4,11,13H,5-10,12,16H2,1H3.